The van der Waals surface area contributed by atoms with Crippen LogP contribution in [0.5, 0.6) is 11.5 Å². The molecule has 0 aliphatic rings. The Morgan fingerprint density at radius 1 is 1.12 bits per heavy atom. The Kier molecular flexibility index (Phi) is 6.76. The van der Waals surface area contributed by atoms with Gasteiger partial charge in [-0.25, -0.2) is 0 Å². The van der Waals surface area contributed by atoms with E-state index in [2.05, 4.69) is 10.5 Å². The monoisotopic (exact) mass is 343 g/mol. The number of nitro benzene ring substituents is 1. The molecule has 0 saturated carbocycles. The summed E-state index contributed by atoms with van der Waals surface area (Å²) < 4.78 is 10.9. The molecule has 0 heterocycles. The fourth-order valence-corrected chi connectivity index (χ4v) is 2.21. The summed E-state index contributed by atoms with van der Waals surface area (Å²) in [5, 5.41) is 15.4. The SMILES string of the molecule is CCOc1cc(OCC)c([N+](=O)[O-])cc1C=NNCc1ccccc1. The van der Waals surface area contributed by atoms with Crippen LogP contribution >= 0.6 is 0 Å². The first-order chi connectivity index (χ1) is 12.2. The Bertz CT molecular complexity index is 733. The number of rotatable bonds is 9. The number of nitro groups is 1. The van der Waals surface area contributed by atoms with Crippen molar-refractivity contribution in [1.82, 2.24) is 5.43 Å². The van der Waals surface area contributed by atoms with Crippen LogP contribution in [-0.4, -0.2) is 24.4 Å². The second-order valence-electron chi connectivity index (χ2n) is 5.06. The lowest BCUT2D eigenvalue weighted by Gasteiger charge is -2.11. The summed E-state index contributed by atoms with van der Waals surface area (Å²) in [5.41, 5.74) is 4.40. The molecule has 2 aromatic carbocycles. The number of nitrogens with zero attached hydrogens (tertiary/aromatic N) is 2. The number of hydrogen-bond donors (Lipinski definition) is 1. The quantitative estimate of drug-likeness (QED) is 0.428. The predicted octanol–water partition coefficient (Wildman–Crippen LogP) is 3.52. The molecule has 0 bridgehead atoms. The molecular formula is C18H21N3O4. The Morgan fingerprint density at radius 3 is 2.44 bits per heavy atom. The molecule has 25 heavy (non-hydrogen) atoms. The summed E-state index contributed by atoms with van der Waals surface area (Å²) in [5.74, 6) is 0.673. The van der Waals surface area contributed by atoms with E-state index in [1.54, 1.807) is 6.92 Å². The summed E-state index contributed by atoms with van der Waals surface area (Å²) in [6.07, 6.45) is 1.51. The smallest absolute Gasteiger partial charge is 0.311 e. The van der Waals surface area contributed by atoms with Crippen molar-refractivity contribution >= 4 is 11.9 Å². The maximum atomic E-state index is 11.3. The average molecular weight is 343 g/mol. The third kappa shape index (κ3) is 5.20. The van der Waals surface area contributed by atoms with Gasteiger partial charge < -0.3 is 14.9 Å². The average Bonchev–Trinajstić information content (AvgIpc) is 2.61. The fourth-order valence-electron chi connectivity index (χ4n) is 2.21. The lowest BCUT2D eigenvalue weighted by molar-refractivity contribution is -0.385. The topological polar surface area (TPSA) is 86.0 Å². The molecule has 0 unspecified atom stereocenters. The zero-order valence-electron chi connectivity index (χ0n) is 14.3. The van der Waals surface area contributed by atoms with E-state index >= 15 is 0 Å². The normalized spacial score (nSPS) is 10.6. The molecule has 0 saturated heterocycles. The van der Waals surface area contributed by atoms with Crippen LogP contribution in [0, 0.1) is 10.1 Å². The van der Waals surface area contributed by atoms with E-state index in [0.717, 1.165) is 5.56 Å². The molecule has 0 amide bonds. The number of benzene rings is 2. The van der Waals surface area contributed by atoms with Gasteiger partial charge in [-0.15, -0.1) is 0 Å². The number of nitrogens with one attached hydrogen (secondary N) is 1. The molecule has 0 fully saturated rings. The summed E-state index contributed by atoms with van der Waals surface area (Å²) in [7, 11) is 0. The first-order valence-electron chi connectivity index (χ1n) is 8.03. The van der Waals surface area contributed by atoms with E-state index in [-0.39, 0.29) is 11.4 Å². The standard InChI is InChI=1S/C18H21N3O4/c1-3-24-17-11-18(25-4-2)16(21(22)23)10-15(17)13-20-19-12-14-8-6-5-7-9-14/h5-11,13,19H,3-4,12H2,1-2H3. The van der Waals surface area contributed by atoms with Crippen LogP contribution in [0.2, 0.25) is 0 Å². The van der Waals surface area contributed by atoms with Crippen molar-refractivity contribution in [3.8, 4) is 11.5 Å². The minimum Gasteiger partial charge on any atom is -0.493 e. The largest absolute Gasteiger partial charge is 0.493 e. The van der Waals surface area contributed by atoms with Crippen LogP contribution in [0.3, 0.4) is 0 Å². The molecule has 1 N–H and O–H groups in total. The Balaban J connectivity index is 2.20. The van der Waals surface area contributed by atoms with Crippen molar-refractivity contribution in [3.05, 3.63) is 63.7 Å². The lowest BCUT2D eigenvalue weighted by Crippen LogP contribution is -2.06. The van der Waals surface area contributed by atoms with E-state index < -0.39 is 4.92 Å². The lowest BCUT2D eigenvalue weighted by atomic mass is 10.1. The van der Waals surface area contributed by atoms with Crippen molar-refractivity contribution in [1.29, 1.82) is 0 Å². The molecule has 2 aromatic rings. The van der Waals surface area contributed by atoms with Gasteiger partial charge in [-0.05, 0) is 19.4 Å². The van der Waals surface area contributed by atoms with Gasteiger partial charge in [0.2, 0.25) is 5.75 Å². The molecule has 0 spiro atoms. The molecule has 0 atom stereocenters. The molecule has 0 aromatic heterocycles. The minimum absolute atomic E-state index is 0.116. The molecular weight excluding hydrogens is 322 g/mol. The zero-order chi connectivity index (χ0) is 18.1. The van der Waals surface area contributed by atoms with Gasteiger partial charge >= 0.3 is 5.69 Å². The van der Waals surface area contributed by atoms with Gasteiger partial charge in [-0.1, -0.05) is 30.3 Å². The molecule has 0 radical (unpaired) electrons. The van der Waals surface area contributed by atoms with Gasteiger partial charge in [0.25, 0.3) is 0 Å². The van der Waals surface area contributed by atoms with Gasteiger partial charge in [0, 0.05) is 17.7 Å². The van der Waals surface area contributed by atoms with Crippen LogP contribution in [0.4, 0.5) is 5.69 Å². The van der Waals surface area contributed by atoms with Crippen LogP contribution < -0.4 is 14.9 Å². The van der Waals surface area contributed by atoms with E-state index in [0.29, 0.717) is 31.1 Å². The van der Waals surface area contributed by atoms with Crippen LogP contribution in [-0.2, 0) is 6.54 Å². The third-order valence-corrected chi connectivity index (χ3v) is 3.31. The van der Waals surface area contributed by atoms with Gasteiger partial charge in [0.1, 0.15) is 5.75 Å². The highest BCUT2D eigenvalue weighted by atomic mass is 16.6. The zero-order valence-corrected chi connectivity index (χ0v) is 14.3. The minimum atomic E-state index is -0.477. The van der Waals surface area contributed by atoms with Gasteiger partial charge in [-0.2, -0.15) is 5.10 Å². The summed E-state index contributed by atoms with van der Waals surface area (Å²) in [4.78, 5) is 10.8. The maximum Gasteiger partial charge on any atom is 0.311 e. The van der Waals surface area contributed by atoms with Crippen molar-refractivity contribution in [2.75, 3.05) is 13.2 Å². The molecule has 0 aliphatic heterocycles. The summed E-state index contributed by atoms with van der Waals surface area (Å²) in [6.45, 7) is 4.93. The van der Waals surface area contributed by atoms with Crippen LogP contribution in [0.25, 0.3) is 0 Å². The Labute approximate surface area is 146 Å². The maximum absolute atomic E-state index is 11.3. The Hall–Kier alpha value is -3.09. The van der Waals surface area contributed by atoms with Crippen molar-refractivity contribution in [2.24, 2.45) is 5.10 Å². The van der Waals surface area contributed by atoms with Gasteiger partial charge in [0.15, 0.2) is 0 Å². The summed E-state index contributed by atoms with van der Waals surface area (Å²) in [6, 6.07) is 12.7. The first-order valence-corrected chi connectivity index (χ1v) is 8.03. The van der Waals surface area contributed by atoms with Gasteiger partial charge in [0.05, 0.1) is 30.9 Å². The molecule has 7 heteroatoms. The van der Waals surface area contributed by atoms with E-state index in [1.165, 1.54) is 18.3 Å². The number of hydrazone groups is 1. The molecule has 132 valence electrons. The number of ether oxygens (including phenoxy) is 2. The van der Waals surface area contributed by atoms with Crippen molar-refractivity contribution in [2.45, 2.75) is 20.4 Å². The molecule has 2 rings (SSSR count). The second-order valence-corrected chi connectivity index (χ2v) is 5.06. The van der Waals surface area contributed by atoms with E-state index in [1.807, 2.05) is 37.3 Å². The van der Waals surface area contributed by atoms with Crippen molar-refractivity contribution < 1.29 is 14.4 Å². The van der Waals surface area contributed by atoms with Gasteiger partial charge in [-0.3, -0.25) is 10.1 Å². The third-order valence-electron chi connectivity index (χ3n) is 3.31. The van der Waals surface area contributed by atoms with Crippen LogP contribution in [0.15, 0.2) is 47.6 Å². The second kappa shape index (κ2) is 9.27. The molecule has 0 aliphatic carbocycles. The first kappa shape index (κ1) is 18.3. The highest BCUT2D eigenvalue weighted by molar-refractivity contribution is 5.85. The Morgan fingerprint density at radius 2 is 1.80 bits per heavy atom. The number of hydrogen-bond acceptors (Lipinski definition) is 6. The van der Waals surface area contributed by atoms with Crippen LogP contribution in [0.1, 0.15) is 25.0 Å². The van der Waals surface area contributed by atoms with E-state index in [4.69, 9.17) is 9.47 Å². The van der Waals surface area contributed by atoms with E-state index in [9.17, 15) is 10.1 Å². The highest BCUT2D eigenvalue weighted by Gasteiger charge is 2.19. The summed E-state index contributed by atoms with van der Waals surface area (Å²) >= 11 is 0. The highest BCUT2D eigenvalue weighted by Crippen LogP contribution is 2.34. The van der Waals surface area contributed by atoms with Crippen molar-refractivity contribution in [3.63, 3.8) is 0 Å². The molecule has 7 nitrogen and oxygen atoms in total. The predicted molar refractivity (Wildman–Crippen MR) is 96.3 cm³/mol. The fraction of sp³-hybridized carbons (Fsp3) is 0.278.